The molecule has 0 amide bonds. The van der Waals surface area contributed by atoms with Crippen LogP contribution in [0.3, 0.4) is 0 Å². The number of rotatable bonds is 4. The third-order valence-corrected chi connectivity index (χ3v) is 6.39. The summed E-state index contributed by atoms with van der Waals surface area (Å²) in [6.07, 6.45) is 1.26. The Morgan fingerprint density at radius 1 is 1.00 bits per heavy atom. The molecule has 2 atom stereocenters. The average molecular weight is 427 g/mol. The summed E-state index contributed by atoms with van der Waals surface area (Å²) >= 11 is 0. The van der Waals surface area contributed by atoms with Crippen molar-refractivity contribution in [3.8, 4) is 16.9 Å². The number of nitrogens with one attached hydrogen (secondary N) is 1. The Labute approximate surface area is 188 Å². The number of para-hydroxylation sites is 1. The zero-order valence-electron chi connectivity index (χ0n) is 19.0. The first-order chi connectivity index (χ1) is 15.5. The molecule has 5 heteroatoms. The summed E-state index contributed by atoms with van der Waals surface area (Å²) in [5.74, 6) is 1.32. The van der Waals surface area contributed by atoms with Crippen LogP contribution >= 0.6 is 0 Å². The van der Waals surface area contributed by atoms with Gasteiger partial charge < -0.3 is 4.98 Å². The zero-order valence-corrected chi connectivity index (χ0v) is 19.0. The van der Waals surface area contributed by atoms with E-state index in [1.807, 2.05) is 35.0 Å². The first-order valence-corrected chi connectivity index (χ1v) is 11.5. The lowest BCUT2D eigenvalue weighted by atomic mass is 9.91. The van der Waals surface area contributed by atoms with E-state index in [9.17, 15) is 4.79 Å². The summed E-state index contributed by atoms with van der Waals surface area (Å²) in [5, 5.41) is 5.94. The van der Waals surface area contributed by atoms with Crippen LogP contribution in [0.1, 0.15) is 31.4 Å². The number of likely N-dealkylation sites (tertiary alicyclic amines) is 1. The number of hydrogen-bond donors (Lipinski definition) is 1. The van der Waals surface area contributed by atoms with Crippen molar-refractivity contribution in [2.24, 2.45) is 11.8 Å². The van der Waals surface area contributed by atoms with Gasteiger partial charge in [-0.25, -0.2) is 4.68 Å². The maximum absolute atomic E-state index is 13.1. The molecule has 0 spiro atoms. The summed E-state index contributed by atoms with van der Waals surface area (Å²) < 4.78 is 1.85. The van der Waals surface area contributed by atoms with Crippen LogP contribution < -0.4 is 5.56 Å². The number of pyridine rings is 1. The molecule has 3 heterocycles. The predicted molar refractivity (Wildman–Crippen MR) is 130 cm³/mol. The van der Waals surface area contributed by atoms with E-state index in [2.05, 4.69) is 61.0 Å². The fraction of sp³-hybridized carbons (Fsp3) is 0.333. The Morgan fingerprint density at radius 3 is 2.47 bits per heavy atom. The molecule has 0 saturated carbocycles. The van der Waals surface area contributed by atoms with Crippen molar-refractivity contribution in [2.75, 3.05) is 13.1 Å². The van der Waals surface area contributed by atoms with Crippen LogP contribution in [0, 0.1) is 18.8 Å². The van der Waals surface area contributed by atoms with Crippen LogP contribution in [-0.4, -0.2) is 32.8 Å². The van der Waals surface area contributed by atoms with Gasteiger partial charge in [-0.05, 0) is 49.4 Å². The van der Waals surface area contributed by atoms with Gasteiger partial charge in [-0.2, -0.15) is 5.10 Å². The number of fused-ring (bicyclic) bond motifs is 1. The second-order valence-electron chi connectivity index (χ2n) is 9.49. The largest absolute Gasteiger partial charge is 0.306 e. The lowest BCUT2D eigenvalue weighted by Gasteiger charge is -2.34. The topological polar surface area (TPSA) is 53.9 Å². The average Bonchev–Trinajstić information content (AvgIpc) is 3.12. The number of benzene rings is 2. The highest BCUT2D eigenvalue weighted by Gasteiger charge is 2.23. The number of piperidine rings is 1. The van der Waals surface area contributed by atoms with Gasteiger partial charge in [0.25, 0.3) is 5.56 Å². The van der Waals surface area contributed by atoms with Crippen molar-refractivity contribution in [1.29, 1.82) is 0 Å². The Hall–Kier alpha value is -3.18. The number of hydrogen-bond acceptors (Lipinski definition) is 3. The molecule has 5 rings (SSSR count). The first-order valence-electron chi connectivity index (χ1n) is 11.5. The maximum atomic E-state index is 13.1. The lowest BCUT2D eigenvalue weighted by Crippen LogP contribution is -2.39. The Balaban J connectivity index is 1.65. The normalized spacial score (nSPS) is 19.5. The number of nitrogens with zero attached hydrogens (tertiary/aromatic N) is 3. The van der Waals surface area contributed by atoms with Gasteiger partial charge >= 0.3 is 0 Å². The Kier molecular flexibility index (Phi) is 5.43. The Bertz CT molecular complexity index is 1290. The molecule has 1 aliphatic rings. The van der Waals surface area contributed by atoms with Crippen LogP contribution in [0.5, 0.6) is 0 Å². The van der Waals surface area contributed by atoms with Gasteiger partial charge in [-0.15, -0.1) is 0 Å². The molecule has 1 N–H and O–H groups in total. The summed E-state index contributed by atoms with van der Waals surface area (Å²) in [6, 6.07) is 20.4. The molecule has 0 radical (unpaired) electrons. The van der Waals surface area contributed by atoms with Crippen molar-refractivity contribution in [1.82, 2.24) is 19.7 Å². The van der Waals surface area contributed by atoms with E-state index in [-0.39, 0.29) is 5.56 Å². The van der Waals surface area contributed by atoms with Crippen LogP contribution in [0.2, 0.25) is 0 Å². The highest BCUT2D eigenvalue weighted by Crippen LogP contribution is 2.30. The van der Waals surface area contributed by atoms with E-state index in [0.29, 0.717) is 18.4 Å². The summed E-state index contributed by atoms with van der Waals surface area (Å²) in [6.45, 7) is 9.44. The summed E-state index contributed by atoms with van der Waals surface area (Å²) in [5.41, 5.74) is 5.58. The number of aromatic amines is 1. The standard InChI is InChI=1S/C27H30N4O/c1-18-8-7-9-21(13-18)25-24-14-22(17-30-15-19(2)12-20(3)16-30)27(32)28-26(24)31(29-25)23-10-5-4-6-11-23/h4-11,13-14,19-20H,12,15-17H2,1-3H3,(H,28,32). The smallest absolute Gasteiger partial charge is 0.254 e. The van der Waals surface area contributed by atoms with Gasteiger partial charge in [0.1, 0.15) is 11.3 Å². The molecule has 4 aromatic rings. The minimum absolute atomic E-state index is 0.0312. The predicted octanol–water partition coefficient (Wildman–Crippen LogP) is 5.17. The molecule has 2 aromatic heterocycles. The van der Waals surface area contributed by atoms with Crippen molar-refractivity contribution in [3.05, 3.63) is 82.1 Å². The highest BCUT2D eigenvalue weighted by atomic mass is 16.1. The lowest BCUT2D eigenvalue weighted by molar-refractivity contribution is 0.134. The zero-order chi connectivity index (χ0) is 22.2. The summed E-state index contributed by atoms with van der Waals surface area (Å²) in [7, 11) is 0. The molecule has 0 aliphatic carbocycles. The van der Waals surface area contributed by atoms with E-state index in [0.717, 1.165) is 46.6 Å². The fourth-order valence-electron chi connectivity index (χ4n) is 5.16. The third-order valence-electron chi connectivity index (χ3n) is 6.39. The van der Waals surface area contributed by atoms with Crippen molar-refractivity contribution in [3.63, 3.8) is 0 Å². The first kappa shape index (κ1) is 20.7. The van der Waals surface area contributed by atoms with Crippen molar-refractivity contribution >= 4 is 11.0 Å². The van der Waals surface area contributed by atoms with Crippen LogP contribution in [0.4, 0.5) is 0 Å². The highest BCUT2D eigenvalue weighted by molar-refractivity contribution is 5.92. The number of aryl methyl sites for hydroxylation is 1. The van der Waals surface area contributed by atoms with E-state index in [4.69, 9.17) is 5.10 Å². The van der Waals surface area contributed by atoms with Gasteiger partial charge in [-0.1, -0.05) is 55.8 Å². The van der Waals surface area contributed by atoms with Crippen LogP contribution in [0.15, 0.2) is 65.5 Å². The van der Waals surface area contributed by atoms with Gasteiger partial charge in [0.15, 0.2) is 0 Å². The molecule has 32 heavy (non-hydrogen) atoms. The molecule has 164 valence electrons. The van der Waals surface area contributed by atoms with Crippen LogP contribution in [-0.2, 0) is 6.54 Å². The van der Waals surface area contributed by atoms with Gasteiger partial charge in [0, 0.05) is 36.1 Å². The van der Waals surface area contributed by atoms with Crippen molar-refractivity contribution in [2.45, 2.75) is 33.7 Å². The molecule has 0 bridgehead atoms. The molecule has 1 fully saturated rings. The summed E-state index contributed by atoms with van der Waals surface area (Å²) in [4.78, 5) is 18.7. The molecule has 2 aromatic carbocycles. The molecule has 5 nitrogen and oxygen atoms in total. The maximum Gasteiger partial charge on any atom is 0.254 e. The van der Waals surface area contributed by atoms with E-state index in [1.54, 1.807) is 0 Å². The van der Waals surface area contributed by atoms with E-state index in [1.165, 1.54) is 12.0 Å². The van der Waals surface area contributed by atoms with Gasteiger partial charge in [0.2, 0.25) is 0 Å². The number of H-pyrrole nitrogens is 1. The van der Waals surface area contributed by atoms with Crippen LogP contribution in [0.25, 0.3) is 28.0 Å². The fourth-order valence-corrected chi connectivity index (χ4v) is 5.16. The van der Waals surface area contributed by atoms with Crippen molar-refractivity contribution < 1.29 is 0 Å². The van der Waals surface area contributed by atoms with Gasteiger partial charge in [-0.3, -0.25) is 9.69 Å². The Morgan fingerprint density at radius 2 is 1.75 bits per heavy atom. The molecular formula is C27H30N4O. The molecule has 1 saturated heterocycles. The molecule has 2 unspecified atom stereocenters. The minimum atomic E-state index is -0.0312. The van der Waals surface area contributed by atoms with Gasteiger partial charge in [0.05, 0.1) is 5.69 Å². The second-order valence-corrected chi connectivity index (χ2v) is 9.49. The monoisotopic (exact) mass is 426 g/mol. The number of aromatic nitrogens is 3. The van der Waals surface area contributed by atoms with E-state index < -0.39 is 0 Å². The molecular weight excluding hydrogens is 396 g/mol. The SMILES string of the molecule is Cc1cccc(-c2nn(-c3ccccc3)c3[nH]c(=O)c(CN4CC(C)CC(C)C4)cc23)c1. The van der Waals surface area contributed by atoms with E-state index >= 15 is 0 Å². The second kappa shape index (κ2) is 8.40. The quantitative estimate of drug-likeness (QED) is 0.490. The minimum Gasteiger partial charge on any atom is -0.306 e. The third kappa shape index (κ3) is 4.00. The molecule has 1 aliphatic heterocycles.